The lowest BCUT2D eigenvalue weighted by molar-refractivity contribution is 0.0682. The van der Waals surface area contributed by atoms with Crippen LogP contribution in [0, 0.1) is 0 Å². The first kappa shape index (κ1) is 18.7. The van der Waals surface area contributed by atoms with Crippen molar-refractivity contribution in [1.29, 1.82) is 0 Å². The molecular formula is C19H16O7. The van der Waals surface area contributed by atoms with Crippen LogP contribution in [-0.2, 0) is 0 Å². The molecule has 0 heterocycles. The third kappa shape index (κ3) is 3.72. The smallest absolute Gasteiger partial charge is 0.340 e. The van der Waals surface area contributed by atoms with Gasteiger partial charge in [-0.2, -0.15) is 0 Å². The summed E-state index contributed by atoms with van der Waals surface area (Å²) in [5.74, 6) is -2.77. The molecule has 7 nitrogen and oxygen atoms in total. The van der Waals surface area contributed by atoms with E-state index in [2.05, 4.69) is 0 Å². The monoisotopic (exact) mass is 356 g/mol. The van der Waals surface area contributed by atoms with Gasteiger partial charge in [0.05, 0.1) is 19.8 Å². The molecule has 0 aromatic heterocycles. The quantitative estimate of drug-likeness (QED) is 0.579. The Morgan fingerprint density at radius 3 is 2.08 bits per heavy atom. The number of benzene rings is 2. The van der Waals surface area contributed by atoms with Crippen LogP contribution in [0.15, 0.2) is 42.5 Å². The second-order valence-electron chi connectivity index (χ2n) is 5.12. The van der Waals surface area contributed by atoms with E-state index in [1.165, 1.54) is 50.6 Å². The highest BCUT2D eigenvalue weighted by molar-refractivity contribution is 6.13. The molecule has 0 radical (unpaired) electrons. The Kier molecular flexibility index (Phi) is 5.74. The summed E-state index contributed by atoms with van der Waals surface area (Å²) in [5, 5.41) is 18.6. The summed E-state index contributed by atoms with van der Waals surface area (Å²) in [7, 11) is 2.69. The number of ether oxygens (including phenoxy) is 2. The molecule has 7 heteroatoms. The van der Waals surface area contributed by atoms with Crippen LogP contribution >= 0.6 is 0 Å². The number of rotatable bonds is 7. The molecule has 2 rings (SSSR count). The summed E-state index contributed by atoms with van der Waals surface area (Å²) in [6.45, 7) is 0. The van der Waals surface area contributed by atoms with Gasteiger partial charge in [0, 0.05) is 5.56 Å². The Labute approximate surface area is 149 Å². The Balaban J connectivity index is 2.47. The van der Waals surface area contributed by atoms with E-state index in [1.54, 1.807) is 6.07 Å². The fourth-order valence-corrected chi connectivity index (χ4v) is 2.44. The summed E-state index contributed by atoms with van der Waals surface area (Å²) < 4.78 is 10.2. The largest absolute Gasteiger partial charge is 0.493 e. The van der Waals surface area contributed by atoms with Crippen LogP contribution in [0.3, 0.4) is 0 Å². The summed E-state index contributed by atoms with van der Waals surface area (Å²) in [6.07, 6.45) is 2.42. The van der Waals surface area contributed by atoms with E-state index in [9.17, 15) is 19.5 Å². The number of carbonyl (C=O) groups excluding carboxylic acids is 1. The fourth-order valence-electron chi connectivity index (χ4n) is 2.44. The predicted molar refractivity (Wildman–Crippen MR) is 93.3 cm³/mol. The average Bonchev–Trinajstić information content (AvgIpc) is 2.64. The highest BCUT2D eigenvalue weighted by Gasteiger charge is 2.20. The number of carboxylic acid groups (broad SMARTS) is 2. The van der Waals surface area contributed by atoms with Crippen LogP contribution in [0.2, 0.25) is 0 Å². The summed E-state index contributed by atoms with van der Waals surface area (Å²) in [4.78, 5) is 35.2. The van der Waals surface area contributed by atoms with Gasteiger partial charge in [-0.1, -0.05) is 30.3 Å². The topological polar surface area (TPSA) is 110 Å². The number of aromatic carboxylic acids is 2. The zero-order valence-electron chi connectivity index (χ0n) is 14.1. The van der Waals surface area contributed by atoms with E-state index < -0.39 is 17.7 Å². The molecule has 0 spiro atoms. The molecule has 0 saturated carbocycles. The Morgan fingerprint density at radius 1 is 0.885 bits per heavy atom. The SMILES string of the molecule is COc1ccc(/C=C/C(=O)c2ccccc2C(=O)O)c(C(=O)O)c1OC. The number of hydrogen-bond acceptors (Lipinski definition) is 5. The molecule has 0 aliphatic rings. The van der Waals surface area contributed by atoms with Crippen LogP contribution in [0.4, 0.5) is 0 Å². The van der Waals surface area contributed by atoms with Gasteiger partial charge >= 0.3 is 11.9 Å². The van der Waals surface area contributed by atoms with Crippen molar-refractivity contribution in [1.82, 2.24) is 0 Å². The van der Waals surface area contributed by atoms with Crippen LogP contribution in [0.5, 0.6) is 11.5 Å². The predicted octanol–water partition coefficient (Wildman–Crippen LogP) is 3.00. The molecule has 0 bridgehead atoms. The number of ketones is 1. The fraction of sp³-hybridized carbons (Fsp3) is 0.105. The second-order valence-corrected chi connectivity index (χ2v) is 5.12. The molecule has 0 aliphatic heterocycles. The highest BCUT2D eigenvalue weighted by Crippen LogP contribution is 2.34. The molecule has 26 heavy (non-hydrogen) atoms. The van der Waals surface area contributed by atoms with Crippen molar-refractivity contribution >= 4 is 23.8 Å². The summed E-state index contributed by atoms with van der Waals surface area (Å²) in [5.41, 5.74) is -0.0692. The third-order valence-electron chi connectivity index (χ3n) is 3.63. The molecule has 2 N–H and O–H groups in total. The van der Waals surface area contributed by atoms with Crippen LogP contribution in [0.25, 0.3) is 6.08 Å². The first-order valence-corrected chi connectivity index (χ1v) is 7.43. The summed E-state index contributed by atoms with van der Waals surface area (Å²) >= 11 is 0. The Bertz CT molecular complexity index is 897. The third-order valence-corrected chi connectivity index (χ3v) is 3.63. The maximum Gasteiger partial charge on any atom is 0.340 e. The zero-order valence-corrected chi connectivity index (χ0v) is 14.1. The van der Waals surface area contributed by atoms with Gasteiger partial charge in [-0.25, -0.2) is 9.59 Å². The van der Waals surface area contributed by atoms with Crippen LogP contribution in [0.1, 0.15) is 36.6 Å². The van der Waals surface area contributed by atoms with Gasteiger partial charge in [-0.3, -0.25) is 4.79 Å². The maximum absolute atomic E-state index is 12.3. The van der Waals surface area contributed by atoms with Gasteiger partial charge in [0.25, 0.3) is 0 Å². The average molecular weight is 356 g/mol. The first-order valence-electron chi connectivity index (χ1n) is 7.43. The van der Waals surface area contributed by atoms with E-state index in [4.69, 9.17) is 14.6 Å². The van der Waals surface area contributed by atoms with Gasteiger partial charge in [0.1, 0.15) is 5.56 Å². The van der Waals surface area contributed by atoms with Gasteiger partial charge in [-0.05, 0) is 23.8 Å². The van der Waals surface area contributed by atoms with Gasteiger partial charge in [-0.15, -0.1) is 0 Å². The minimum absolute atomic E-state index is 0.00796. The number of carboxylic acids is 2. The van der Waals surface area contributed by atoms with E-state index in [0.717, 1.165) is 6.08 Å². The zero-order chi connectivity index (χ0) is 19.3. The molecule has 0 aliphatic carbocycles. The number of allylic oxidation sites excluding steroid dienone is 1. The molecule has 0 saturated heterocycles. The minimum Gasteiger partial charge on any atom is -0.493 e. The Morgan fingerprint density at radius 2 is 1.54 bits per heavy atom. The van der Waals surface area contributed by atoms with Crippen molar-refractivity contribution in [2.45, 2.75) is 0 Å². The van der Waals surface area contributed by atoms with Crippen LogP contribution in [-0.4, -0.2) is 42.2 Å². The molecule has 2 aromatic carbocycles. The molecule has 0 fully saturated rings. The van der Waals surface area contributed by atoms with Crippen molar-refractivity contribution < 1.29 is 34.1 Å². The maximum atomic E-state index is 12.3. The highest BCUT2D eigenvalue weighted by atomic mass is 16.5. The summed E-state index contributed by atoms with van der Waals surface area (Å²) in [6, 6.07) is 8.76. The van der Waals surface area contributed by atoms with Crippen molar-refractivity contribution in [2.75, 3.05) is 14.2 Å². The van der Waals surface area contributed by atoms with Gasteiger partial charge in [0.15, 0.2) is 17.3 Å². The van der Waals surface area contributed by atoms with Crippen molar-refractivity contribution in [3.05, 3.63) is 64.7 Å². The standard InChI is InChI=1S/C19H16O7/c1-25-15-10-8-11(16(19(23)24)17(15)26-2)7-9-14(20)12-5-3-4-6-13(12)18(21)22/h3-10H,1-2H3,(H,21,22)(H,23,24)/b9-7+. The lowest BCUT2D eigenvalue weighted by Gasteiger charge is -2.12. The lowest BCUT2D eigenvalue weighted by Crippen LogP contribution is -2.07. The van der Waals surface area contributed by atoms with Crippen LogP contribution < -0.4 is 9.47 Å². The molecule has 0 amide bonds. The normalized spacial score (nSPS) is 10.5. The van der Waals surface area contributed by atoms with E-state index >= 15 is 0 Å². The van der Waals surface area contributed by atoms with Crippen molar-refractivity contribution in [2.24, 2.45) is 0 Å². The van der Waals surface area contributed by atoms with Gasteiger partial charge < -0.3 is 19.7 Å². The van der Waals surface area contributed by atoms with E-state index in [0.29, 0.717) is 0 Å². The second kappa shape index (κ2) is 7.98. The number of carbonyl (C=O) groups is 3. The van der Waals surface area contributed by atoms with E-state index in [-0.39, 0.29) is 33.8 Å². The number of methoxy groups -OCH3 is 2. The number of hydrogen-bond donors (Lipinski definition) is 2. The molecule has 0 atom stereocenters. The lowest BCUT2D eigenvalue weighted by atomic mass is 10.0. The minimum atomic E-state index is -1.25. The first-order chi connectivity index (χ1) is 12.4. The molecule has 134 valence electrons. The van der Waals surface area contributed by atoms with Crippen molar-refractivity contribution in [3.8, 4) is 11.5 Å². The molecule has 2 aromatic rings. The Hall–Kier alpha value is -3.61. The van der Waals surface area contributed by atoms with E-state index in [1.807, 2.05) is 0 Å². The molecular weight excluding hydrogens is 340 g/mol. The van der Waals surface area contributed by atoms with Gasteiger partial charge in [0.2, 0.25) is 0 Å². The molecule has 0 unspecified atom stereocenters. The van der Waals surface area contributed by atoms with Crippen molar-refractivity contribution in [3.63, 3.8) is 0 Å².